The molecular formula is C15H15F3N2S. The van der Waals surface area contributed by atoms with Crippen LogP contribution in [0.2, 0.25) is 0 Å². The van der Waals surface area contributed by atoms with Gasteiger partial charge >= 0.3 is 6.18 Å². The summed E-state index contributed by atoms with van der Waals surface area (Å²) in [6.45, 7) is 2.59. The average Bonchev–Trinajstić information content (AvgIpc) is 2.42. The molecule has 0 bridgehead atoms. The highest BCUT2D eigenvalue weighted by Gasteiger charge is 2.30. The minimum atomic E-state index is -4.35. The van der Waals surface area contributed by atoms with Crippen LogP contribution in [0.5, 0.6) is 0 Å². The molecule has 0 aliphatic rings. The van der Waals surface area contributed by atoms with E-state index >= 15 is 0 Å². The maximum absolute atomic E-state index is 12.5. The van der Waals surface area contributed by atoms with Crippen molar-refractivity contribution in [1.82, 2.24) is 4.98 Å². The third kappa shape index (κ3) is 4.22. The van der Waals surface area contributed by atoms with E-state index in [4.69, 9.17) is 5.73 Å². The van der Waals surface area contributed by atoms with E-state index in [2.05, 4.69) is 4.98 Å². The van der Waals surface area contributed by atoms with E-state index in [9.17, 15) is 13.2 Å². The van der Waals surface area contributed by atoms with Crippen molar-refractivity contribution < 1.29 is 13.2 Å². The molecule has 2 nitrogen and oxygen atoms in total. The summed E-state index contributed by atoms with van der Waals surface area (Å²) in [5.41, 5.74) is 7.10. The van der Waals surface area contributed by atoms with Crippen molar-refractivity contribution in [2.45, 2.75) is 29.4 Å². The number of aryl methyl sites for hydroxylation is 1. The summed E-state index contributed by atoms with van der Waals surface area (Å²) in [5, 5.41) is 0.536. The average molecular weight is 312 g/mol. The van der Waals surface area contributed by atoms with Crippen LogP contribution in [0.25, 0.3) is 0 Å². The number of benzene rings is 1. The van der Waals surface area contributed by atoms with Crippen molar-refractivity contribution in [2.24, 2.45) is 5.73 Å². The number of alkyl halides is 3. The maximum Gasteiger partial charge on any atom is 0.417 e. The summed E-state index contributed by atoms with van der Waals surface area (Å²) < 4.78 is 37.4. The van der Waals surface area contributed by atoms with Gasteiger partial charge in [-0.3, -0.25) is 0 Å². The van der Waals surface area contributed by atoms with Crippen LogP contribution < -0.4 is 5.73 Å². The van der Waals surface area contributed by atoms with Gasteiger partial charge in [0.1, 0.15) is 5.03 Å². The van der Waals surface area contributed by atoms with Crippen molar-refractivity contribution in [3.63, 3.8) is 0 Å². The highest BCUT2D eigenvalue weighted by molar-refractivity contribution is 7.99. The highest BCUT2D eigenvalue weighted by atomic mass is 32.2. The molecule has 0 fully saturated rings. The van der Waals surface area contributed by atoms with Crippen LogP contribution in [0, 0.1) is 6.92 Å². The SMILES string of the molecule is Cc1cc(Sc2ccc(C(F)(F)F)cn2)ccc1CCN. The van der Waals surface area contributed by atoms with Gasteiger partial charge in [0.2, 0.25) is 0 Å². The number of rotatable bonds is 4. The van der Waals surface area contributed by atoms with Crippen molar-refractivity contribution in [3.05, 3.63) is 53.2 Å². The van der Waals surface area contributed by atoms with Gasteiger partial charge in [-0.2, -0.15) is 13.2 Å². The number of hydrogen-bond donors (Lipinski definition) is 1. The van der Waals surface area contributed by atoms with Gasteiger partial charge in [0.15, 0.2) is 0 Å². The third-order valence-corrected chi connectivity index (χ3v) is 3.95. The Bertz CT molecular complexity index is 609. The third-order valence-electron chi connectivity index (χ3n) is 3.01. The monoisotopic (exact) mass is 312 g/mol. The fourth-order valence-electron chi connectivity index (χ4n) is 1.90. The zero-order valence-corrected chi connectivity index (χ0v) is 12.3. The topological polar surface area (TPSA) is 38.9 Å². The first-order valence-electron chi connectivity index (χ1n) is 6.41. The zero-order chi connectivity index (χ0) is 15.5. The lowest BCUT2D eigenvalue weighted by molar-refractivity contribution is -0.137. The van der Waals surface area contributed by atoms with Crippen LogP contribution in [-0.2, 0) is 12.6 Å². The number of pyridine rings is 1. The van der Waals surface area contributed by atoms with Crippen molar-refractivity contribution in [3.8, 4) is 0 Å². The minimum Gasteiger partial charge on any atom is -0.330 e. The molecule has 6 heteroatoms. The number of halogens is 3. The van der Waals surface area contributed by atoms with E-state index in [1.807, 2.05) is 25.1 Å². The molecule has 1 aromatic heterocycles. The maximum atomic E-state index is 12.5. The standard InChI is InChI=1S/C15H15F3N2S/c1-10-8-13(4-2-11(10)6-7-19)21-14-5-3-12(9-20-14)15(16,17)18/h2-5,8-9H,6-7,19H2,1H3. The Morgan fingerprint density at radius 2 is 1.95 bits per heavy atom. The predicted octanol–water partition coefficient (Wildman–Crippen LogP) is 4.06. The molecule has 2 aromatic rings. The molecule has 0 saturated carbocycles. The second-order valence-corrected chi connectivity index (χ2v) is 5.71. The molecule has 0 saturated heterocycles. The van der Waals surface area contributed by atoms with E-state index in [0.29, 0.717) is 11.6 Å². The largest absolute Gasteiger partial charge is 0.417 e. The number of nitrogens with two attached hydrogens (primary N) is 1. The van der Waals surface area contributed by atoms with E-state index in [1.165, 1.54) is 23.4 Å². The van der Waals surface area contributed by atoms with E-state index in [-0.39, 0.29) is 0 Å². The highest BCUT2D eigenvalue weighted by Crippen LogP contribution is 2.32. The molecule has 0 spiro atoms. The smallest absolute Gasteiger partial charge is 0.330 e. The van der Waals surface area contributed by atoms with E-state index in [1.54, 1.807) is 0 Å². The van der Waals surface area contributed by atoms with Gasteiger partial charge in [-0.15, -0.1) is 0 Å². The predicted molar refractivity (Wildman–Crippen MR) is 77.3 cm³/mol. The Morgan fingerprint density at radius 3 is 2.48 bits per heavy atom. The number of nitrogens with zero attached hydrogens (tertiary/aromatic N) is 1. The van der Waals surface area contributed by atoms with Gasteiger partial charge in [0, 0.05) is 11.1 Å². The first-order chi connectivity index (χ1) is 9.90. The Labute approximate surface area is 125 Å². The summed E-state index contributed by atoms with van der Waals surface area (Å²) in [5.74, 6) is 0. The Balaban J connectivity index is 2.13. The fourth-order valence-corrected chi connectivity index (χ4v) is 2.75. The van der Waals surface area contributed by atoms with Crippen LogP contribution in [0.1, 0.15) is 16.7 Å². The van der Waals surface area contributed by atoms with E-state index in [0.717, 1.165) is 29.1 Å². The van der Waals surface area contributed by atoms with Gasteiger partial charge in [-0.05, 0) is 55.3 Å². The normalized spacial score (nSPS) is 11.7. The Kier molecular flexibility index (Phi) is 4.90. The Hall–Kier alpha value is -1.53. The second-order valence-electron chi connectivity index (χ2n) is 4.61. The number of hydrogen-bond acceptors (Lipinski definition) is 3. The lowest BCUT2D eigenvalue weighted by Crippen LogP contribution is -2.05. The summed E-state index contributed by atoms with van der Waals surface area (Å²) in [6.07, 6.45) is -2.68. The summed E-state index contributed by atoms with van der Waals surface area (Å²) in [4.78, 5) is 4.80. The van der Waals surface area contributed by atoms with Crippen LogP contribution >= 0.6 is 11.8 Å². The molecule has 0 aliphatic carbocycles. The summed E-state index contributed by atoms with van der Waals surface area (Å²) in [6, 6.07) is 8.35. The van der Waals surface area contributed by atoms with Gasteiger partial charge in [0.25, 0.3) is 0 Å². The number of aromatic nitrogens is 1. The van der Waals surface area contributed by atoms with Crippen LogP contribution in [0.3, 0.4) is 0 Å². The molecule has 21 heavy (non-hydrogen) atoms. The first-order valence-corrected chi connectivity index (χ1v) is 7.22. The summed E-state index contributed by atoms with van der Waals surface area (Å²) in [7, 11) is 0. The van der Waals surface area contributed by atoms with Gasteiger partial charge in [0.05, 0.1) is 5.56 Å². The second kappa shape index (κ2) is 6.49. The lowest BCUT2D eigenvalue weighted by atomic mass is 10.1. The molecule has 0 atom stereocenters. The lowest BCUT2D eigenvalue weighted by Gasteiger charge is -2.08. The van der Waals surface area contributed by atoms with Gasteiger partial charge in [-0.1, -0.05) is 17.8 Å². The minimum absolute atomic E-state index is 0.536. The van der Waals surface area contributed by atoms with Gasteiger partial charge < -0.3 is 5.73 Å². The molecule has 1 aromatic carbocycles. The molecular weight excluding hydrogens is 297 g/mol. The first kappa shape index (κ1) is 15.9. The molecule has 2 rings (SSSR count). The van der Waals surface area contributed by atoms with Crippen LogP contribution in [-0.4, -0.2) is 11.5 Å². The molecule has 0 amide bonds. The zero-order valence-electron chi connectivity index (χ0n) is 11.4. The van der Waals surface area contributed by atoms with Gasteiger partial charge in [-0.25, -0.2) is 4.98 Å². The molecule has 0 aliphatic heterocycles. The Morgan fingerprint density at radius 1 is 1.19 bits per heavy atom. The van der Waals surface area contributed by atoms with Crippen LogP contribution in [0.4, 0.5) is 13.2 Å². The molecule has 1 heterocycles. The molecule has 2 N–H and O–H groups in total. The quantitative estimate of drug-likeness (QED) is 0.925. The molecule has 112 valence electrons. The summed E-state index contributed by atoms with van der Waals surface area (Å²) >= 11 is 1.34. The van der Waals surface area contributed by atoms with Crippen molar-refractivity contribution in [1.29, 1.82) is 0 Å². The molecule has 0 radical (unpaired) electrons. The molecule has 0 unspecified atom stereocenters. The van der Waals surface area contributed by atoms with Crippen molar-refractivity contribution >= 4 is 11.8 Å². The van der Waals surface area contributed by atoms with E-state index < -0.39 is 11.7 Å². The van der Waals surface area contributed by atoms with Crippen LogP contribution in [0.15, 0.2) is 46.5 Å². The fraction of sp³-hybridized carbons (Fsp3) is 0.267. The van der Waals surface area contributed by atoms with Crippen molar-refractivity contribution in [2.75, 3.05) is 6.54 Å².